The van der Waals surface area contributed by atoms with Gasteiger partial charge in [0.15, 0.2) is 0 Å². The predicted molar refractivity (Wildman–Crippen MR) is 55.8 cm³/mol. The lowest BCUT2D eigenvalue weighted by atomic mass is 10.1. The number of rotatable bonds is 5. The summed E-state index contributed by atoms with van der Waals surface area (Å²) in [6.07, 6.45) is 2.07. The third-order valence-corrected chi connectivity index (χ3v) is 2.46. The molecule has 3 nitrogen and oxygen atoms in total. The largest absolute Gasteiger partial charge is 0.312 e. The van der Waals surface area contributed by atoms with E-state index in [1.807, 2.05) is 19.4 Å². The summed E-state index contributed by atoms with van der Waals surface area (Å²) in [4.78, 5) is 0. The maximum absolute atomic E-state index is 4.04. The topological polar surface area (TPSA) is 37.8 Å². The van der Waals surface area contributed by atoms with Crippen LogP contribution in [0, 0.1) is 0 Å². The molecule has 1 aromatic rings. The van der Waals surface area contributed by atoms with Gasteiger partial charge in [0.1, 0.15) is 0 Å². The Morgan fingerprint density at radius 1 is 1.77 bits per heavy atom. The molecule has 1 aromatic heterocycles. The molecule has 1 rings (SSSR count). The van der Waals surface area contributed by atoms with Crippen molar-refractivity contribution in [2.45, 2.75) is 25.8 Å². The highest BCUT2D eigenvalue weighted by atomic mass is 32.1. The molecule has 0 bridgehead atoms. The Balaban J connectivity index is 2.49. The van der Waals surface area contributed by atoms with E-state index in [1.165, 1.54) is 17.1 Å². The van der Waals surface area contributed by atoms with Crippen LogP contribution in [0.4, 0.5) is 0 Å². The maximum atomic E-state index is 4.04. The lowest BCUT2D eigenvalue weighted by Gasteiger charge is -2.12. The van der Waals surface area contributed by atoms with Gasteiger partial charge in [-0.1, -0.05) is 10.1 Å². The minimum Gasteiger partial charge on any atom is -0.312 e. The van der Waals surface area contributed by atoms with Gasteiger partial charge in [-0.2, -0.15) is 0 Å². The van der Waals surface area contributed by atoms with Crippen molar-refractivity contribution in [2.75, 3.05) is 7.05 Å². The molecule has 0 fully saturated rings. The lowest BCUT2D eigenvalue weighted by Crippen LogP contribution is -2.16. The van der Waals surface area contributed by atoms with E-state index < -0.39 is 0 Å². The van der Waals surface area contributed by atoms with Crippen LogP contribution in [0.25, 0.3) is 0 Å². The summed E-state index contributed by atoms with van der Waals surface area (Å²) in [5, 5.41) is 9.25. The van der Waals surface area contributed by atoms with Gasteiger partial charge in [-0.05, 0) is 38.3 Å². The summed E-state index contributed by atoms with van der Waals surface area (Å²) in [5.74, 6) is 0. The van der Waals surface area contributed by atoms with Gasteiger partial charge in [0.25, 0.3) is 0 Å². The van der Waals surface area contributed by atoms with Gasteiger partial charge in [-0.25, -0.2) is 0 Å². The smallest absolute Gasteiger partial charge is 0.0924 e. The molecule has 1 atom stereocenters. The van der Waals surface area contributed by atoms with Crippen molar-refractivity contribution in [2.24, 2.45) is 0 Å². The SMILES string of the molecule is C=C(C)CCC(NC)c1csnn1. The molecule has 0 aromatic carbocycles. The Hall–Kier alpha value is -0.740. The molecule has 0 saturated carbocycles. The first-order valence-electron chi connectivity index (χ1n) is 4.32. The second-order valence-corrected chi connectivity index (χ2v) is 3.78. The van der Waals surface area contributed by atoms with Gasteiger partial charge in [-0.3, -0.25) is 0 Å². The Morgan fingerprint density at radius 2 is 2.54 bits per heavy atom. The third-order valence-electron chi connectivity index (χ3n) is 1.94. The Bertz CT molecular complexity index is 256. The van der Waals surface area contributed by atoms with Gasteiger partial charge in [-0.15, -0.1) is 11.7 Å². The van der Waals surface area contributed by atoms with E-state index in [0.29, 0.717) is 6.04 Å². The molecule has 0 saturated heterocycles. The highest BCUT2D eigenvalue weighted by molar-refractivity contribution is 7.03. The van der Waals surface area contributed by atoms with E-state index in [2.05, 4.69) is 21.5 Å². The fraction of sp³-hybridized carbons (Fsp3) is 0.556. The van der Waals surface area contributed by atoms with Gasteiger partial charge < -0.3 is 5.32 Å². The van der Waals surface area contributed by atoms with Crippen molar-refractivity contribution in [3.63, 3.8) is 0 Å². The zero-order valence-corrected chi connectivity index (χ0v) is 8.90. The van der Waals surface area contributed by atoms with E-state index in [4.69, 9.17) is 0 Å². The number of hydrogen-bond donors (Lipinski definition) is 1. The molecule has 0 radical (unpaired) electrons. The second kappa shape index (κ2) is 5.09. The summed E-state index contributed by atoms with van der Waals surface area (Å²) >= 11 is 1.39. The second-order valence-electron chi connectivity index (χ2n) is 3.17. The minimum absolute atomic E-state index is 0.315. The van der Waals surface area contributed by atoms with E-state index in [-0.39, 0.29) is 0 Å². The number of hydrogen-bond acceptors (Lipinski definition) is 4. The van der Waals surface area contributed by atoms with Crippen LogP contribution in [0.15, 0.2) is 17.5 Å². The van der Waals surface area contributed by atoms with E-state index >= 15 is 0 Å². The van der Waals surface area contributed by atoms with Crippen molar-refractivity contribution in [1.82, 2.24) is 14.9 Å². The summed E-state index contributed by atoms with van der Waals surface area (Å²) in [7, 11) is 1.95. The quantitative estimate of drug-likeness (QED) is 0.735. The normalized spacial score (nSPS) is 12.8. The monoisotopic (exact) mass is 197 g/mol. The van der Waals surface area contributed by atoms with Gasteiger partial charge in [0, 0.05) is 5.38 Å². The van der Waals surface area contributed by atoms with Crippen molar-refractivity contribution in [1.29, 1.82) is 0 Å². The fourth-order valence-corrected chi connectivity index (χ4v) is 1.66. The van der Waals surface area contributed by atoms with Crippen LogP contribution in [-0.4, -0.2) is 16.6 Å². The number of nitrogens with one attached hydrogen (secondary N) is 1. The first-order valence-corrected chi connectivity index (χ1v) is 5.16. The Kier molecular flexibility index (Phi) is 4.05. The highest BCUT2D eigenvalue weighted by Gasteiger charge is 2.11. The summed E-state index contributed by atoms with van der Waals surface area (Å²) in [5.41, 5.74) is 2.25. The molecular weight excluding hydrogens is 182 g/mol. The molecule has 72 valence electrons. The predicted octanol–water partition coefficient (Wildman–Crippen LogP) is 2.15. The third kappa shape index (κ3) is 3.24. The summed E-state index contributed by atoms with van der Waals surface area (Å²) < 4.78 is 3.85. The molecule has 1 heterocycles. The van der Waals surface area contributed by atoms with Crippen molar-refractivity contribution >= 4 is 11.5 Å². The average molecular weight is 197 g/mol. The van der Waals surface area contributed by atoms with Gasteiger partial charge >= 0.3 is 0 Å². The van der Waals surface area contributed by atoms with Crippen LogP contribution in [0.5, 0.6) is 0 Å². The summed E-state index contributed by atoms with van der Waals surface area (Å²) in [6, 6.07) is 0.315. The average Bonchev–Trinajstić information content (AvgIpc) is 2.58. The molecule has 1 unspecified atom stereocenters. The molecule has 1 N–H and O–H groups in total. The van der Waals surface area contributed by atoms with Crippen LogP contribution in [0.2, 0.25) is 0 Å². The van der Waals surface area contributed by atoms with Crippen molar-refractivity contribution < 1.29 is 0 Å². The maximum Gasteiger partial charge on any atom is 0.0924 e. The molecular formula is C9H15N3S. The van der Waals surface area contributed by atoms with Crippen LogP contribution in [0.1, 0.15) is 31.5 Å². The van der Waals surface area contributed by atoms with Crippen LogP contribution < -0.4 is 5.32 Å². The van der Waals surface area contributed by atoms with E-state index in [0.717, 1.165) is 18.5 Å². The Morgan fingerprint density at radius 3 is 3.00 bits per heavy atom. The zero-order valence-electron chi connectivity index (χ0n) is 8.08. The standard InChI is InChI=1S/C9H15N3S/c1-7(2)4-5-8(10-3)9-6-13-12-11-9/h6,8,10H,1,4-5H2,2-3H3. The molecule has 0 amide bonds. The van der Waals surface area contributed by atoms with Crippen molar-refractivity contribution in [3.8, 4) is 0 Å². The molecule has 0 spiro atoms. The van der Waals surface area contributed by atoms with E-state index in [9.17, 15) is 0 Å². The summed E-state index contributed by atoms with van der Waals surface area (Å²) in [6.45, 7) is 5.93. The molecule has 0 aliphatic rings. The van der Waals surface area contributed by atoms with Crippen LogP contribution in [0.3, 0.4) is 0 Å². The fourth-order valence-electron chi connectivity index (χ4n) is 1.15. The first kappa shape index (κ1) is 10.3. The van der Waals surface area contributed by atoms with Crippen molar-refractivity contribution in [3.05, 3.63) is 23.2 Å². The number of aromatic nitrogens is 2. The number of allylic oxidation sites excluding steroid dienone is 1. The number of nitrogens with zero attached hydrogens (tertiary/aromatic N) is 2. The van der Waals surface area contributed by atoms with Gasteiger partial charge in [0.2, 0.25) is 0 Å². The van der Waals surface area contributed by atoms with Crippen LogP contribution >= 0.6 is 11.5 Å². The highest BCUT2D eigenvalue weighted by Crippen LogP contribution is 2.18. The van der Waals surface area contributed by atoms with Crippen LogP contribution in [-0.2, 0) is 0 Å². The Labute approximate surface area is 83.0 Å². The lowest BCUT2D eigenvalue weighted by molar-refractivity contribution is 0.534. The molecule has 0 aliphatic carbocycles. The molecule has 13 heavy (non-hydrogen) atoms. The van der Waals surface area contributed by atoms with E-state index in [1.54, 1.807) is 0 Å². The zero-order chi connectivity index (χ0) is 9.68. The molecule has 4 heteroatoms. The first-order chi connectivity index (χ1) is 6.24. The molecule has 0 aliphatic heterocycles. The van der Waals surface area contributed by atoms with Gasteiger partial charge in [0.05, 0.1) is 11.7 Å². The minimum atomic E-state index is 0.315.